The number of hydrogen-bond acceptors (Lipinski definition) is 4. The van der Waals surface area contributed by atoms with E-state index in [-0.39, 0.29) is 5.57 Å². The summed E-state index contributed by atoms with van der Waals surface area (Å²) in [7, 11) is 0. The van der Waals surface area contributed by atoms with Crippen molar-refractivity contribution in [1.82, 2.24) is 0 Å². The van der Waals surface area contributed by atoms with E-state index < -0.39 is 23.5 Å². The zero-order valence-corrected chi connectivity index (χ0v) is 7.22. The molecule has 0 aliphatic heterocycles. The number of allylic oxidation sites excluding steroid dienone is 1. The number of carbonyl (C=O) groups is 3. The maximum absolute atomic E-state index is 10.5. The average molecular weight is 200 g/mol. The number of carbonyl (C=O) groups excluding carboxylic acids is 1. The number of carboxylic acids is 2. The molecule has 76 valence electrons. The van der Waals surface area contributed by atoms with Gasteiger partial charge in [-0.05, 0) is 12.5 Å². The Kier molecular flexibility index (Phi) is 4.08. The van der Waals surface area contributed by atoms with Gasteiger partial charge in [-0.15, -0.1) is 0 Å². The van der Waals surface area contributed by atoms with Crippen molar-refractivity contribution in [2.45, 2.75) is 6.92 Å². The van der Waals surface area contributed by atoms with Gasteiger partial charge in [0.25, 0.3) is 5.78 Å². The lowest BCUT2D eigenvalue weighted by atomic mass is 10.2. The Morgan fingerprint density at radius 1 is 1.00 bits per heavy atom. The van der Waals surface area contributed by atoms with E-state index in [9.17, 15) is 14.4 Å². The maximum Gasteiger partial charge on any atom is 0.376 e. The molecule has 0 saturated heterocycles. The summed E-state index contributed by atoms with van der Waals surface area (Å²) in [6, 6.07) is 0. The fourth-order valence-corrected chi connectivity index (χ4v) is 0.559. The van der Waals surface area contributed by atoms with Crippen LogP contribution >= 0.6 is 0 Å². The summed E-state index contributed by atoms with van der Waals surface area (Å²) in [5, 5.41) is 25.4. The first kappa shape index (κ1) is 11.9. The lowest BCUT2D eigenvalue weighted by Gasteiger charge is -1.96. The smallest absolute Gasteiger partial charge is 0.376 e. The molecule has 0 aliphatic carbocycles. The molecule has 0 radical (unpaired) electrons. The first-order chi connectivity index (χ1) is 6.34. The number of aliphatic carboxylic acids is 2. The molecule has 0 rings (SSSR count). The van der Waals surface area contributed by atoms with Gasteiger partial charge >= 0.3 is 11.9 Å². The molecule has 0 saturated carbocycles. The summed E-state index contributed by atoms with van der Waals surface area (Å²) in [4.78, 5) is 30.7. The molecule has 0 spiro atoms. The Morgan fingerprint density at radius 2 is 1.50 bits per heavy atom. The fourth-order valence-electron chi connectivity index (χ4n) is 0.559. The van der Waals surface area contributed by atoms with Crippen LogP contribution in [0.15, 0.2) is 23.5 Å². The van der Waals surface area contributed by atoms with Crippen LogP contribution in [0.4, 0.5) is 0 Å². The highest BCUT2D eigenvalue weighted by Crippen LogP contribution is 2.04. The summed E-state index contributed by atoms with van der Waals surface area (Å²) in [6.07, 6.45) is 1.10. The minimum atomic E-state index is -1.72. The second kappa shape index (κ2) is 4.80. The molecule has 0 amide bonds. The lowest BCUT2D eigenvalue weighted by Crippen LogP contribution is -2.10. The topological polar surface area (TPSA) is 112 Å². The van der Waals surface area contributed by atoms with Crippen LogP contribution in [0.25, 0.3) is 0 Å². The van der Waals surface area contributed by atoms with Crippen LogP contribution in [0.2, 0.25) is 0 Å². The second-order valence-electron chi connectivity index (χ2n) is 2.36. The van der Waals surface area contributed by atoms with Crippen molar-refractivity contribution in [3.05, 3.63) is 23.5 Å². The molecular weight excluding hydrogens is 192 g/mol. The van der Waals surface area contributed by atoms with Gasteiger partial charge in [-0.25, -0.2) is 9.59 Å². The largest absolute Gasteiger partial charge is 0.508 e. The van der Waals surface area contributed by atoms with Crippen molar-refractivity contribution >= 4 is 17.7 Å². The van der Waals surface area contributed by atoms with Crippen LogP contribution < -0.4 is 0 Å². The van der Waals surface area contributed by atoms with Crippen molar-refractivity contribution in [2.24, 2.45) is 0 Å². The molecule has 0 aliphatic rings. The van der Waals surface area contributed by atoms with Gasteiger partial charge in [0.1, 0.15) is 5.76 Å². The summed E-state index contributed by atoms with van der Waals surface area (Å²) in [5.74, 6) is -5.02. The summed E-state index contributed by atoms with van der Waals surface area (Å²) < 4.78 is 0. The first-order valence-electron chi connectivity index (χ1n) is 3.44. The van der Waals surface area contributed by atoms with Crippen LogP contribution in [-0.2, 0) is 14.4 Å². The standard InChI is InChI=1S/C8H8O6/c1-4(2-7(11)12)5(9)3-6(10)8(13)14/h2-3,9H,1H3,(H,11,12)(H,13,14). The van der Waals surface area contributed by atoms with Gasteiger partial charge < -0.3 is 15.3 Å². The Morgan fingerprint density at radius 3 is 1.86 bits per heavy atom. The molecular formula is C8H8O6. The summed E-state index contributed by atoms with van der Waals surface area (Å²) in [5.41, 5.74) is -0.105. The Labute approximate surface area is 78.8 Å². The Balaban J connectivity index is 4.78. The summed E-state index contributed by atoms with van der Waals surface area (Å²) in [6.45, 7) is 1.23. The van der Waals surface area contributed by atoms with Gasteiger partial charge in [0.15, 0.2) is 0 Å². The molecule has 0 aromatic heterocycles. The molecule has 6 nitrogen and oxygen atoms in total. The molecule has 0 atom stereocenters. The first-order valence-corrected chi connectivity index (χ1v) is 3.44. The molecule has 0 aromatic carbocycles. The maximum atomic E-state index is 10.5. The molecule has 0 unspecified atom stereocenters. The Hall–Kier alpha value is -2.11. The van der Waals surface area contributed by atoms with Crippen molar-refractivity contribution < 1.29 is 29.7 Å². The van der Waals surface area contributed by atoms with Crippen molar-refractivity contribution in [3.8, 4) is 0 Å². The Bertz CT molecular complexity index is 336. The van der Waals surface area contributed by atoms with Crippen LogP contribution in [0.1, 0.15) is 6.92 Å². The molecule has 0 bridgehead atoms. The number of carboxylic acid groups (broad SMARTS) is 2. The van der Waals surface area contributed by atoms with Gasteiger partial charge in [-0.2, -0.15) is 0 Å². The number of aliphatic hydroxyl groups excluding tert-OH is 1. The van der Waals surface area contributed by atoms with E-state index in [1.807, 2.05) is 0 Å². The van der Waals surface area contributed by atoms with Gasteiger partial charge in [-0.3, -0.25) is 4.79 Å². The number of hydrogen-bond donors (Lipinski definition) is 3. The highest BCUT2D eigenvalue weighted by atomic mass is 16.4. The van der Waals surface area contributed by atoms with Crippen LogP contribution in [0, 0.1) is 0 Å². The predicted molar refractivity (Wildman–Crippen MR) is 44.7 cm³/mol. The fraction of sp³-hybridized carbons (Fsp3) is 0.125. The third kappa shape index (κ3) is 4.05. The molecule has 0 fully saturated rings. The van der Waals surface area contributed by atoms with Crippen LogP contribution in [-0.4, -0.2) is 33.0 Å². The van der Waals surface area contributed by atoms with E-state index in [4.69, 9.17) is 15.3 Å². The lowest BCUT2D eigenvalue weighted by molar-refractivity contribution is -0.146. The van der Waals surface area contributed by atoms with Gasteiger partial charge in [0.2, 0.25) is 0 Å². The SMILES string of the molecule is CC(=CC(=O)O)C(O)=CC(=O)C(=O)O. The zero-order chi connectivity index (χ0) is 11.3. The number of aliphatic hydroxyl groups is 1. The third-order valence-electron chi connectivity index (χ3n) is 1.22. The molecule has 3 N–H and O–H groups in total. The van der Waals surface area contributed by atoms with Crippen molar-refractivity contribution in [3.63, 3.8) is 0 Å². The molecule has 6 heteroatoms. The van der Waals surface area contributed by atoms with Crippen molar-refractivity contribution in [1.29, 1.82) is 0 Å². The minimum Gasteiger partial charge on any atom is -0.508 e. The monoisotopic (exact) mass is 200 g/mol. The van der Waals surface area contributed by atoms with Gasteiger partial charge in [-0.1, -0.05) is 0 Å². The quantitative estimate of drug-likeness (QED) is 0.257. The van der Waals surface area contributed by atoms with E-state index in [2.05, 4.69) is 0 Å². The summed E-state index contributed by atoms with van der Waals surface area (Å²) >= 11 is 0. The van der Waals surface area contributed by atoms with Gasteiger partial charge in [0.05, 0.1) is 0 Å². The third-order valence-corrected chi connectivity index (χ3v) is 1.22. The minimum absolute atomic E-state index is 0.105. The van der Waals surface area contributed by atoms with E-state index in [0.717, 1.165) is 0 Å². The molecule has 0 aromatic rings. The highest BCUT2D eigenvalue weighted by molar-refractivity contribution is 6.37. The average Bonchev–Trinajstić information content (AvgIpc) is 2.02. The number of rotatable bonds is 4. The van der Waals surface area contributed by atoms with Crippen LogP contribution in [0.3, 0.4) is 0 Å². The van der Waals surface area contributed by atoms with E-state index in [1.165, 1.54) is 6.92 Å². The zero-order valence-electron chi connectivity index (χ0n) is 7.22. The van der Waals surface area contributed by atoms with Crippen LogP contribution in [0.5, 0.6) is 0 Å². The highest BCUT2D eigenvalue weighted by Gasteiger charge is 2.10. The molecule has 14 heavy (non-hydrogen) atoms. The van der Waals surface area contributed by atoms with E-state index in [1.54, 1.807) is 0 Å². The van der Waals surface area contributed by atoms with Crippen molar-refractivity contribution in [2.75, 3.05) is 0 Å². The van der Waals surface area contributed by atoms with E-state index >= 15 is 0 Å². The number of ketones is 1. The van der Waals surface area contributed by atoms with Gasteiger partial charge in [0, 0.05) is 12.2 Å². The normalized spacial score (nSPS) is 12.4. The molecule has 0 heterocycles. The van der Waals surface area contributed by atoms with E-state index in [0.29, 0.717) is 12.2 Å². The predicted octanol–water partition coefficient (Wildman–Crippen LogP) is 0.113. The second-order valence-corrected chi connectivity index (χ2v) is 2.36.